The van der Waals surface area contributed by atoms with Crippen molar-refractivity contribution in [3.05, 3.63) is 18.0 Å². The molecule has 2 rings (SSSR count). The average molecular weight is 221 g/mol. The number of carbonyl (C=O) groups excluding carboxylic acids is 1. The monoisotopic (exact) mass is 221 g/mol. The predicted octanol–water partition coefficient (Wildman–Crippen LogP) is 0.703. The fourth-order valence-corrected chi connectivity index (χ4v) is 1.76. The molecule has 0 unspecified atom stereocenters. The topological polar surface area (TPSA) is 68.5 Å². The first kappa shape index (κ1) is 10.9. The van der Waals surface area contributed by atoms with Crippen LogP contribution in [-0.2, 0) is 4.74 Å². The van der Waals surface area contributed by atoms with E-state index in [1.807, 2.05) is 0 Å². The predicted molar refractivity (Wildman–Crippen MR) is 61.7 cm³/mol. The molecule has 0 radical (unpaired) electrons. The number of nitrogen functional groups attached to an aromatic ring is 1. The average Bonchev–Trinajstić information content (AvgIpc) is 2.29. The van der Waals surface area contributed by atoms with Crippen molar-refractivity contribution in [2.75, 3.05) is 36.9 Å². The summed E-state index contributed by atoms with van der Waals surface area (Å²) in [6, 6.07) is 1.80. The van der Waals surface area contributed by atoms with Crippen molar-refractivity contribution in [3.8, 4) is 0 Å². The van der Waals surface area contributed by atoms with E-state index in [0.717, 1.165) is 18.8 Å². The maximum Gasteiger partial charge on any atom is 0.180 e. The zero-order valence-electron chi connectivity index (χ0n) is 9.27. The number of nitrogens with zero attached hydrogens (tertiary/aromatic N) is 2. The Balaban J connectivity index is 2.23. The fraction of sp³-hybridized carbons (Fsp3) is 0.455. The molecule has 5 nitrogen and oxygen atoms in total. The second-order valence-electron chi connectivity index (χ2n) is 3.79. The molecule has 0 saturated carbocycles. The van der Waals surface area contributed by atoms with Gasteiger partial charge in [-0.15, -0.1) is 0 Å². The van der Waals surface area contributed by atoms with E-state index in [4.69, 9.17) is 10.5 Å². The van der Waals surface area contributed by atoms with E-state index in [2.05, 4.69) is 9.88 Å². The first-order chi connectivity index (χ1) is 7.68. The molecule has 1 saturated heterocycles. The molecular weight excluding hydrogens is 206 g/mol. The van der Waals surface area contributed by atoms with E-state index < -0.39 is 0 Å². The number of rotatable bonds is 2. The number of ketones is 1. The van der Waals surface area contributed by atoms with Gasteiger partial charge in [0.1, 0.15) is 5.69 Å². The number of pyridine rings is 1. The summed E-state index contributed by atoms with van der Waals surface area (Å²) in [6.45, 7) is 4.57. The van der Waals surface area contributed by atoms with Crippen LogP contribution < -0.4 is 10.6 Å². The van der Waals surface area contributed by atoms with Crippen molar-refractivity contribution in [1.82, 2.24) is 4.98 Å². The van der Waals surface area contributed by atoms with E-state index in [9.17, 15) is 4.79 Å². The van der Waals surface area contributed by atoms with Gasteiger partial charge in [0.2, 0.25) is 0 Å². The van der Waals surface area contributed by atoms with Gasteiger partial charge in [-0.05, 0) is 6.07 Å². The molecule has 1 aromatic rings. The number of morpholine rings is 1. The van der Waals surface area contributed by atoms with Gasteiger partial charge in [0.25, 0.3) is 0 Å². The normalized spacial score (nSPS) is 16.2. The summed E-state index contributed by atoms with van der Waals surface area (Å²) < 4.78 is 5.27. The number of aromatic nitrogens is 1. The minimum Gasteiger partial charge on any atom is -0.397 e. The Morgan fingerprint density at radius 2 is 2.19 bits per heavy atom. The van der Waals surface area contributed by atoms with Crippen LogP contribution in [0.2, 0.25) is 0 Å². The van der Waals surface area contributed by atoms with Crippen molar-refractivity contribution in [1.29, 1.82) is 0 Å². The smallest absolute Gasteiger partial charge is 0.180 e. The summed E-state index contributed by atoms with van der Waals surface area (Å²) in [7, 11) is 0. The summed E-state index contributed by atoms with van der Waals surface area (Å²) in [5.41, 5.74) is 7.52. The summed E-state index contributed by atoms with van der Waals surface area (Å²) in [5.74, 6) is -0.106. The second kappa shape index (κ2) is 4.49. The Labute approximate surface area is 94.2 Å². The van der Waals surface area contributed by atoms with Crippen LogP contribution in [0.4, 0.5) is 11.4 Å². The van der Waals surface area contributed by atoms with E-state index in [-0.39, 0.29) is 5.78 Å². The molecule has 2 N–H and O–H groups in total. The van der Waals surface area contributed by atoms with Crippen LogP contribution in [0.15, 0.2) is 12.3 Å². The van der Waals surface area contributed by atoms with Gasteiger partial charge in [0.05, 0.1) is 30.8 Å². The Morgan fingerprint density at radius 1 is 1.50 bits per heavy atom. The Morgan fingerprint density at radius 3 is 2.75 bits per heavy atom. The van der Waals surface area contributed by atoms with E-state index in [1.165, 1.54) is 6.92 Å². The lowest BCUT2D eigenvalue weighted by molar-refractivity contribution is 0.101. The molecule has 1 aliphatic heterocycles. The molecule has 5 heteroatoms. The van der Waals surface area contributed by atoms with Gasteiger partial charge in [-0.1, -0.05) is 0 Å². The molecule has 0 bridgehead atoms. The first-order valence-corrected chi connectivity index (χ1v) is 5.27. The van der Waals surface area contributed by atoms with Gasteiger partial charge in [-0.3, -0.25) is 4.79 Å². The van der Waals surface area contributed by atoms with Gasteiger partial charge in [0, 0.05) is 20.0 Å². The maximum absolute atomic E-state index is 11.2. The number of hydrogen-bond donors (Lipinski definition) is 1. The molecule has 16 heavy (non-hydrogen) atoms. The highest BCUT2D eigenvalue weighted by molar-refractivity contribution is 5.97. The van der Waals surface area contributed by atoms with Crippen molar-refractivity contribution >= 4 is 17.2 Å². The summed E-state index contributed by atoms with van der Waals surface area (Å²) in [4.78, 5) is 17.4. The zero-order valence-corrected chi connectivity index (χ0v) is 9.27. The van der Waals surface area contributed by atoms with Crippen LogP contribution in [0.1, 0.15) is 17.4 Å². The Hall–Kier alpha value is -1.62. The summed E-state index contributed by atoms with van der Waals surface area (Å²) >= 11 is 0. The van der Waals surface area contributed by atoms with Crippen LogP contribution in [-0.4, -0.2) is 37.1 Å². The first-order valence-electron chi connectivity index (χ1n) is 5.27. The third kappa shape index (κ3) is 2.14. The number of nitrogens with two attached hydrogens (primary N) is 1. The Bertz CT molecular complexity index is 400. The minimum absolute atomic E-state index is 0.106. The highest BCUT2D eigenvalue weighted by Crippen LogP contribution is 2.20. The number of Topliss-reactive ketones (excluding diaryl/α,β-unsaturated/α-hetero) is 1. The number of hydrogen-bond acceptors (Lipinski definition) is 5. The second-order valence-corrected chi connectivity index (χ2v) is 3.79. The van der Waals surface area contributed by atoms with Crippen LogP contribution in [0, 0.1) is 0 Å². The quantitative estimate of drug-likeness (QED) is 0.745. The standard InChI is InChI=1S/C11H15N3O2/c1-8(15)11-10(12)6-9(7-13-11)14-2-4-16-5-3-14/h6-7H,2-5,12H2,1H3. The van der Waals surface area contributed by atoms with Gasteiger partial charge in [-0.2, -0.15) is 0 Å². The molecule has 0 atom stereocenters. The third-order valence-electron chi connectivity index (χ3n) is 2.61. The highest BCUT2D eigenvalue weighted by atomic mass is 16.5. The summed E-state index contributed by atoms with van der Waals surface area (Å²) in [5, 5.41) is 0. The maximum atomic E-state index is 11.2. The van der Waals surface area contributed by atoms with Gasteiger partial charge in [0.15, 0.2) is 5.78 Å². The number of carbonyl (C=O) groups is 1. The Kier molecular flexibility index (Phi) is 3.05. The van der Waals surface area contributed by atoms with E-state index in [0.29, 0.717) is 24.6 Å². The molecular formula is C11H15N3O2. The zero-order chi connectivity index (χ0) is 11.5. The number of ether oxygens (including phenoxy) is 1. The number of anilines is 2. The van der Waals surface area contributed by atoms with Gasteiger partial charge < -0.3 is 15.4 Å². The molecule has 0 spiro atoms. The van der Waals surface area contributed by atoms with Gasteiger partial charge >= 0.3 is 0 Å². The largest absolute Gasteiger partial charge is 0.397 e. The minimum atomic E-state index is -0.106. The molecule has 0 aromatic carbocycles. The molecule has 0 aliphatic carbocycles. The molecule has 0 amide bonds. The lowest BCUT2D eigenvalue weighted by Crippen LogP contribution is -2.36. The van der Waals surface area contributed by atoms with Crippen molar-refractivity contribution < 1.29 is 9.53 Å². The lowest BCUT2D eigenvalue weighted by Gasteiger charge is -2.28. The van der Waals surface area contributed by atoms with Crippen LogP contribution in [0.3, 0.4) is 0 Å². The van der Waals surface area contributed by atoms with Crippen molar-refractivity contribution in [3.63, 3.8) is 0 Å². The fourth-order valence-electron chi connectivity index (χ4n) is 1.76. The lowest BCUT2D eigenvalue weighted by atomic mass is 10.2. The van der Waals surface area contributed by atoms with E-state index in [1.54, 1.807) is 12.3 Å². The molecule has 86 valence electrons. The molecule has 1 aliphatic rings. The molecule has 1 fully saturated rings. The highest BCUT2D eigenvalue weighted by Gasteiger charge is 2.14. The molecule has 1 aromatic heterocycles. The van der Waals surface area contributed by atoms with E-state index >= 15 is 0 Å². The van der Waals surface area contributed by atoms with Crippen LogP contribution >= 0.6 is 0 Å². The molecule has 2 heterocycles. The van der Waals surface area contributed by atoms with Gasteiger partial charge in [-0.25, -0.2) is 4.98 Å². The SMILES string of the molecule is CC(=O)c1ncc(N2CCOCC2)cc1N. The van der Waals surface area contributed by atoms with Crippen molar-refractivity contribution in [2.24, 2.45) is 0 Å². The van der Waals surface area contributed by atoms with Crippen molar-refractivity contribution in [2.45, 2.75) is 6.92 Å². The van der Waals surface area contributed by atoms with Crippen LogP contribution in [0.5, 0.6) is 0 Å². The summed E-state index contributed by atoms with van der Waals surface area (Å²) in [6.07, 6.45) is 1.69. The third-order valence-corrected chi connectivity index (χ3v) is 2.61. The van der Waals surface area contributed by atoms with Crippen LogP contribution in [0.25, 0.3) is 0 Å².